The Bertz CT molecular complexity index is 552. The molecule has 0 radical (unpaired) electrons. The summed E-state index contributed by atoms with van der Waals surface area (Å²) in [4.78, 5) is 15.5. The lowest BCUT2D eigenvalue weighted by molar-refractivity contribution is 0.102. The van der Waals surface area contributed by atoms with Crippen molar-refractivity contribution in [3.63, 3.8) is 0 Å². The monoisotopic (exact) mass is 244 g/mol. The van der Waals surface area contributed by atoms with Crippen molar-refractivity contribution in [1.82, 2.24) is 4.98 Å². The third-order valence-corrected chi connectivity index (χ3v) is 2.38. The van der Waals surface area contributed by atoms with E-state index in [1.807, 2.05) is 0 Å². The van der Waals surface area contributed by atoms with Crippen LogP contribution in [0.4, 0.5) is 5.69 Å². The van der Waals surface area contributed by atoms with E-state index < -0.39 is 0 Å². The number of carbonyl (C=O) groups is 1. The maximum absolute atomic E-state index is 11.8. The molecule has 2 rings (SSSR count). The molecule has 1 heterocycles. The maximum Gasteiger partial charge on any atom is 0.257 e. The summed E-state index contributed by atoms with van der Waals surface area (Å²) in [7, 11) is 0. The Hall–Kier alpha value is -2.40. The average molecular weight is 244 g/mol. The van der Waals surface area contributed by atoms with Crippen molar-refractivity contribution in [3.05, 3.63) is 53.9 Å². The number of hydrogen-bond donors (Lipinski definition) is 3. The van der Waals surface area contributed by atoms with Crippen molar-refractivity contribution in [2.75, 3.05) is 5.32 Å². The Morgan fingerprint density at radius 3 is 2.56 bits per heavy atom. The van der Waals surface area contributed by atoms with Crippen LogP contribution in [-0.4, -0.2) is 21.1 Å². The number of nitrogens with zero attached hydrogens (tertiary/aromatic N) is 1. The number of anilines is 1. The van der Waals surface area contributed by atoms with Crippen LogP contribution in [0.5, 0.6) is 5.75 Å². The van der Waals surface area contributed by atoms with Crippen molar-refractivity contribution in [3.8, 4) is 5.75 Å². The Labute approximate surface area is 104 Å². The molecular weight excluding hydrogens is 232 g/mol. The van der Waals surface area contributed by atoms with Gasteiger partial charge in [-0.3, -0.25) is 9.78 Å². The lowest BCUT2D eigenvalue weighted by Crippen LogP contribution is -2.12. The highest BCUT2D eigenvalue weighted by Gasteiger charge is 2.07. The van der Waals surface area contributed by atoms with E-state index in [4.69, 9.17) is 5.11 Å². The number of pyridine rings is 1. The third-order valence-electron chi connectivity index (χ3n) is 2.38. The van der Waals surface area contributed by atoms with Crippen molar-refractivity contribution >= 4 is 11.6 Å². The van der Waals surface area contributed by atoms with Crippen LogP contribution >= 0.6 is 0 Å². The lowest BCUT2D eigenvalue weighted by atomic mass is 10.2. The zero-order valence-electron chi connectivity index (χ0n) is 9.50. The molecule has 2 aromatic rings. The standard InChI is InChI=1S/C13H12N2O3/c16-8-9-1-3-11(4-2-9)15-13(18)10-5-12(17)7-14-6-10/h1-7,16-17H,8H2,(H,15,18). The summed E-state index contributed by atoms with van der Waals surface area (Å²) >= 11 is 0. The summed E-state index contributed by atoms with van der Waals surface area (Å²) in [5.41, 5.74) is 1.66. The average Bonchev–Trinajstić information content (AvgIpc) is 2.39. The van der Waals surface area contributed by atoms with E-state index in [0.29, 0.717) is 5.69 Å². The second-order valence-electron chi connectivity index (χ2n) is 3.74. The molecule has 5 heteroatoms. The van der Waals surface area contributed by atoms with Gasteiger partial charge in [-0.05, 0) is 23.8 Å². The fraction of sp³-hybridized carbons (Fsp3) is 0.0769. The van der Waals surface area contributed by atoms with Gasteiger partial charge in [0.15, 0.2) is 0 Å². The van der Waals surface area contributed by atoms with Crippen LogP contribution in [0, 0.1) is 0 Å². The fourth-order valence-corrected chi connectivity index (χ4v) is 1.45. The number of aliphatic hydroxyl groups is 1. The molecule has 1 aromatic heterocycles. The predicted octanol–water partition coefficient (Wildman–Crippen LogP) is 1.53. The minimum absolute atomic E-state index is 0.0370. The summed E-state index contributed by atoms with van der Waals surface area (Å²) in [5.74, 6) is -0.409. The number of benzene rings is 1. The zero-order chi connectivity index (χ0) is 13.0. The van der Waals surface area contributed by atoms with Crippen LogP contribution in [0.2, 0.25) is 0 Å². The molecule has 0 unspecified atom stereocenters. The third kappa shape index (κ3) is 2.83. The van der Waals surface area contributed by atoms with Gasteiger partial charge in [-0.1, -0.05) is 12.1 Å². The largest absolute Gasteiger partial charge is 0.506 e. The van der Waals surface area contributed by atoms with E-state index in [-0.39, 0.29) is 23.8 Å². The highest BCUT2D eigenvalue weighted by molar-refractivity contribution is 6.04. The van der Waals surface area contributed by atoms with Gasteiger partial charge in [-0.25, -0.2) is 0 Å². The summed E-state index contributed by atoms with van der Waals surface area (Å²) in [6.45, 7) is -0.0370. The second-order valence-corrected chi connectivity index (χ2v) is 3.74. The Morgan fingerprint density at radius 1 is 1.22 bits per heavy atom. The van der Waals surface area contributed by atoms with Crippen molar-refractivity contribution in [1.29, 1.82) is 0 Å². The molecule has 0 atom stereocenters. The van der Waals surface area contributed by atoms with Gasteiger partial charge in [0.2, 0.25) is 0 Å². The van der Waals surface area contributed by atoms with Gasteiger partial charge in [0, 0.05) is 11.9 Å². The van der Waals surface area contributed by atoms with Crippen LogP contribution in [0.1, 0.15) is 15.9 Å². The molecule has 5 nitrogen and oxygen atoms in total. The SMILES string of the molecule is O=C(Nc1ccc(CO)cc1)c1cncc(O)c1. The molecule has 18 heavy (non-hydrogen) atoms. The molecular formula is C13H12N2O3. The summed E-state index contributed by atoms with van der Waals surface area (Å²) in [5, 5.41) is 20.8. The molecule has 0 saturated carbocycles. The molecule has 1 amide bonds. The molecule has 0 aliphatic heterocycles. The fourth-order valence-electron chi connectivity index (χ4n) is 1.45. The number of rotatable bonds is 3. The van der Waals surface area contributed by atoms with Crippen molar-refractivity contribution in [2.24, 2.45) is 0 Å². The van der Waals surface area contributed by atoms with E-state index in [1.165, 1.54) is 18.5 Å². The maximum atomic E-state index is 11.8. The van der Waals surface area contributed by atoms with Gasteiger partial charge in [0.1, 0.15) is 5.75 Å². The smallest absolute Gasteiger partial charge is 0.257 e. The number of nitrogens with one attached hydrogen (secondary N) is 1. The first-order chi connectivity index (χ1) is 8.69. The minimum atomic E-state index is -0.352. The lowest BCUT2D eigenvalue weighted by Gasteiger charge is -2.05. The second kappa shape index (κ2) is 5.29. The summed E-state index contributed by atoms with van der Waals surface area (Å²) in [6, 6.07) is 8.16. The molecule has 0 aliphatic carbocycles. The Balaban J connectivity index is 2.11. The van der Waals surface area contributed by atoms with Crippen molar-refractivity contribution < 1.29 is 15.0 Å². The summed E-state index contributed by atoms with van der Waals surface area (Å²) in [6.07, 6.45) is 2.63. The number of aromatic hydroxyl groups is 1. The normalized spacial score (nSPS) is 10.1. The van der Waals surface area contributed by atoms with Gasteiger partial charge >= 0.3 is 0 Å². The van der Waals surface area contributed by atoms with Crippen LogP contribution in [0.3, 0.4) is 0 Å². The van der Waals surface area contributed by atoms with Gasteiger partial charge in [0.25, 0.3) is 5.91 Å². The molecule has 0 bridgehead atoms. The molecule has 1 aromatic carbocycles. The highest BCUT2D eigenvalue weighted by Crippen LogP contribution is 2.13. The van der Waals surface area contributed by atoms with E-state index in [2.05, 4.69) is 10.3 Å². The molecule has 3 N–H and O–H groups in total. The Morgan fingerprint density at radius 2 is 1.94 bits per heavy atom. The van der Waals surface area contributed by atoms with Crippen LogP contribution in [0.15, 0.2) is 42.7 Å². The molecule has 92 valence electrons. The van der Waals surface area contributed by atoms with E-state index in [9.17, 15) is 9.90 Å². The minimum Gasteiger partial charge on any atom is -0.506 e. The first kappa shape index (κ1) is 12.1. The first-order valence-corrected chi connectivity index (χ1v) is 5.34. The van der Waals surface area contributed by atoms with Gasteiger partial charge in [-0.15, -0.1) is 0 Å². The van der Waals surface area contributed by atoms with Crippen LogP contribution in [-0.2, 0) is 6.61 Å². The number of aromatic nitrogens is 1. The summed E-state index contributed by atoms with van der Waals surface area (Å²) < 4.78 is 0. The van der Waals surface area contributed by atoms with Gasteiger partial charge < -0.3 is 15.5 Å². The first-order valence-electron chi connectivity index (χ1n) is 5.34. The van der Waals surface area contributed by atoms with Crippen LogP contribution in [0.25, 0.3) is 0 Å². The number of carbonyl (C=O) groups excluding carboxylic acids is 1. The number of amides is 1. The van der Waals surface area contributed by atoms with Crippen molar-refractivity contribution in [2.45, 2.75) is 6.61 Å². The van der Waals surface area contributed by atoms with Gasteiger partial charge in [0.05, 0.1) is 18.4 Å². The quantitative estimate of drug-likeness (QED) is 0.764. The molecule has 0 saturated heterocycles. The zero-order valence-corrected chi connectivity index (χ0v) is 9.50. The van der Waals surface area contributed by atoms with Gasteiger partial charge in [-0.2, -0.15) is 0 Å². The highest BCUT2D eigenvalue weighted by atomic mass is 16.3. The van der Waals surface area contributed by atoms with Crippen LogP contribution < -0.4 is 5.32 Å². The van der Waals surface area contributed by atoms with E-state index in [1.54, 1.807) is 24.3 Å². The molecule has 0 aliphatic rings. The predicted molar refractivity (Wildman–Crippen MR) is 66.2 cm³/mol. The number of hydrogen-bond acceptors (Lipinski definition) is 4. The molecule has 0 spiro atoms. The molecule has 0 fully saturated rings. The topological polar surface area (TPSA) is 82.5 Å². The van der Waals surface area contributed by atoms with E-state index >= 15 is 0 Å². The van der Waals surface area contributed by atoms with E-state index in [0.717, 1.165) is 5.56 Å². The number of aliphatic hydroxyl groups excluding tert-OH is 1. The Kier molecular flexibility index (Phi) is 3.54.